The van der Waals surface area contributed by atoms with Crippen LogP contribution in [0.25, 0.3) is 11.1 Å². The zero-order valence-electron chi connectivity index (χ0n) is 22.7. The highest BCUT2D eigenvalue weighted by atomic mass is 16.6. The minimum atomic E-state index is -0.808. The average molecular weight is 509 g/mol. The molecule has 0 amide bonds. The van der Waals surface area contributed by atoms with Crippen LogP contribution in [-0.4, -0.2) is 30.8 Å². The maximum Gasteiger partial charge on any atom is 0.347 e. The largest absolute Gasteiger partial charge is 0.494 e. The Kier molecular flexibility index (Phi) is 12.5. The molecule has 0 N–H and O–H groups in total. The molecule has 0 unspecified atom stereocenters. The van der Waals surface area contributed by atoms with Crippen molar-refractivity contribution in [3.8, 4) is 16.9 Å². The van der Waals surface area contributed by atoms with Crippen LogP contribution in [0.15, 0.2) is 48.5 Å². The number of unbranched alkanes of at least 4 members (excludes halogenated alkanes) is 9. The zero-order chi connectivity index (χ0) is 26.3. The highest BCUT2D eigenvalue weighted by Gasteiger charge is 2.37. The number of ether oxygens (including phenoxy) is 3. The van der Waals surface area contributed by atoms with Gasteiger partial charge in [-0.15, -0.1) is 0 Å². The Balaban J connectivity index is 1.39. The Labute approximate surface area is 222 Å². The Bertz CT molecular complexity index is 935. The van der Waals surface area contributed by atoms with E-state index < -0.39 is 18.0 Å². The first-order valence-electron chi connectivity index (χ1n) is 14.4. The van der Waals surface area contributed by atoms with Crippen LogP contribution >= 0.6 is 0 Å². The van der Waals surface area contributed by atoms with Gasteiger partial charge in [0.1, 0.15) is 11.9 Å². The summed E-state index contributed by atoms with van der Waals surface area (Å²) in [7, 11) is 0. The monoisotopic (exact) mass is 508 g/mol. The molecule has 2 aromatic rings. The zero-order valence-corrected chi connectivity index (χ0v) is 22.7. The summed E-state index contributed by atoms with van der Waals surface area (Å²) in [6.07, 6.45) is 13.9. The lowest BCUT2D eigenvalue weighted by Gasteiger charge is -2.10. The first-order valence-corrected chi connectivity index (χ1v) is 14.4. The SMILES string of the molecule is CCCCCCCCCCOc1ccc(-c2ccc(C(=O)O[C@@H]3C[C@@H](CCCCC)OC3=O)cc2)cc1. The molecule has 2 atom stereocenters. The molecule has 0 aromatic heterocycles. The molecule has 5 nitrogen and oxygen atoms in total. The van der Waals surface area contributed by atoms with Crippen LogP contribution in [0, 0.1) is 0 Å². The van der Waals surface area contributed by atoms with Crippen molar-refractivity contribution in [2.24, 2.45) is 0 Å². The minimum Gasteiger partial charge on any atom is -0.494 e. The quantitative estimate of drug-likeness (QED) is 0.159. The van der Waals surface area contributed by atoms with Crippen LogP contribution in [0.2, 0.25) is 0 Å². The third-order valence-electron chi connectivity index (χ3n) is 6.98. The predicted molar refractivity (Wildman–Crippen MR) is 148 cm³/mol. The molecule has 0 radical (unpaired) electrons. The molecule has 0 spiro atoms. The molecular weight excluding hydrogens is 464 g/mol. The molecule has 1 saturated heterocycles. The van der Waals surface area contributed by atoms with E-state index in [1.807, 2.05) is 36.4 Å². The van der Waals surface area contributed by atoms with Gasteiger partial charge in [-0.3, -0.25) is 0 Å². The maximum atomic E-state index is 12.6. The van der Waals surface area contributed by atoms with Gasteiger partial charge in [0, 0.05) is 6.42 Å². The summed E-state index contributed by atoms with van der Waals surface area (Å²) in [6.45, 7) is 5.14. The number of hydrogen-bond acceptors (Lipinski definition) is 5. The van der Waals surface area contributed by atoms with E-state index in [1.165, 1.54) is 44.9 Å². The van der Waals surface area contributed by atoms with Crippen molar-refractivity contribution in [1.29, 1.82) is 0 Å². The number of carbonyl (C=O) groups excluding carboxylic acids is 2. The highest BCUT2D eigenvalue weighted by molar-refractivity contribution is 5.92. The number of cyclic esters (lactones) is 1. The number of carbonyl (C=O) groups is 2. The van der Waals surface area contributed by atoms with Crippen LogP contribution in [0.1, 0.15) is 108 Å². The van der Waals surface area contributed by atoms with Gasteiger partial charge in [-0.1, -0.05) is 95.9 Å². The molecule has 3 rings (SSSR count). The van der Waals surface area contributed by atoms with Gasteiger partial charge in [-0.25, -0.2) is 9.59 Å². The Morgan fingerprint density at radius 1 is 0.784 bits per heavy atom. The molecule has 1 aliphatic heterocycles. The van der Waals surface area contributed by atoms with Crippen molar-refractivity contribution in [2.75, 3.05) is 6.61 Å². The Morgan fingerprint density at radius 3 is 2.00 bits per heavy atom. The topological polar surface area (TPSA) is 61.8 Å². The number of hydrogen-bond donors (Lipinski definition) is 0. The molecule has 0 bridgehead atoms. The number of benzene rings is 2. The first kappa shape index (κ1) is 28.7. The van der Waals surface area contributed by atoms with Gasteiger partial charge in [0.2, 0.25) is 6.10 Å². The van der Waals surface area contributed by atoms with Gasteiger partial charge in [-0.05, 0) is 54.7 Å². The highest BCUT2D eigenvalue weighted by Crippen LogP contribution is 2.26. The van der Waals surface area contributed by atoms with Gasteiger partial charge >= 0.3 is 11.9 Å². The molecule has 5 heteroatoms. The summed E-state index contributed by atoms with van der Waals surface area (Å²) in [5.74, 6) is -0.0491. The summed E-state index contributed by atoms with van der Waals surface area (Å²) in [5, 5.41) is 0. The van der Waals surface area contributed by atoms with Crippen LogP contribution in [0.5, 0.6) is 5.75 Å². The molecule has 1 heterocycles. The molecule has 1 aliphatic rings. The number of rotatable bonds is 17. The van der Waals surface area contributed by atoms with E-state index in [0.717, 1.165) is 55.6 Å². The summed E-state index contributed by atoms with van der Waals surface area (Å²) in [6, 6.07) is 15.3. The third kappa shape index (κ3) is 9.87. The molecule has 0 saturated carbocycles. The van der Waals surface area contributed by atoms with Crippen LogP contribution in [0.3, 0.4) is 0 Å². The molecule has 2 aromatic carbocycles. The van der Waals surface area contributed by atoms with Crippen molar-refractivity contribution in [1.82, 2.24) is 0 Å². The molecular formula is C32H44O5. The summed E-state index contributed by atoms with van der Waals surface area (Å²) >= 11 is 0. The average Bonchev–Trinajstić information content (AvgIpc) is 3.26. The summed E-state index contributed by atoms with van der Waals surface area (Å²) in [5.41, 5.74) is 2.48. The van der Waals surface area contributed by atoms with Crippen LogP contribution in [-0.2, 0) is 14.3 Å². The lowest BCUT2D eigenvalue weighted by Crippen LogP contribution is -2.22. The third-order valence-corrected chi connectivity index (χ3v) is 6.98. The van der Waals surface area contributed by atoms with Gasteiger partial charge < -0.3 is 14.2 Å². The second-order valence-electron chi connectivity index (χ2n) is 10.1. The van der Waals surface area contributed by atoms with E-state index in [2.05, 4.69) is 13.8 Å². The van der Waals surface area contributed by atoms with E-state index in [9.17, 15) is 9.59 Å². The molecule has 202 valence electrons. The minimum absolute atomic E-state index is 0.147. The van der Waals surface area contributed by atoms with Crippen LogP contribution in [0.4, 0.5) is 0 Å². The predicted octanol–water partition coefficient (Wildman–Crippen LogP) is 8.29. The van der Waals surface area contributed by atoms with Crippen molar-refractivity contribution < 1.29 is 23.8 Å². The van der Waals surface area contributed by atoms with Crippen molar-refractivity contribution in [2.45, 2.75) is 110 Å². The fraction of sp³-hybridized carbons (Fsp3) is 0.562. The second kappa shape index (κ2) is 16.1. The normalized spacial score (nSPS) is 17.0. The summed E-state index contributed by atoms with van der Waals surface area (Å²) < 4.78 is 16.7. The molecule has 37 heavy (non-hydrogen) atoms. The van der Waals surface area contributed by atoms with Crippen LogP contribution < -0.4 is 4.74 Å². The second-order valence-corrected chi connectivity index (χ2v) is 10.1. The lowest BCUT2D eigenvalue weighted by atomic mass is 10.0. The Morgan fingerprint density at radius 2 is 1.35 bits per heavy atom. The fourth-order valence-corrected chi connectivity index (χ4v) is 4.68. The lowest BCUT2D eigenvalue weighted by molar-refractivity contribution is -0.147. The van der Waals surface area contributed by atoms with E-state index in [4.69, 9.17) is 14.2 Å². The van der Waals surface area contributed by atoms with Gasteiger partial charge in [-0.2, -0.15) is 0 Å². The summed E-state index contributed by atoms with van der Waals surface area (Å²) in [4.78, 5) is 24.7. The molecule has 1 fully saturated rings. The van der Waals surface area contributed by atoms with E-state index in [0.29, 0.717) is 12.0 Å². The van der Waals surface area contributed by atoms with Gasteiger partial charge in [0.25, 0.3) is 0 Å². The maximum absolute atomic E-state index is 12.6. The fourth-order valence-electron chi connectivity index (χ4n) is 4.68. The van der Waals surface area contributed by atoms with Crippen molar-refractivity contribution in [3.63, 3.8) is 0 Å². The number of esters is 2. The van der Waals surface area contributed by atoms with Gasteiger partial charge in [0.15, 0.2) is 0 Å². The smallest absolute Gasteiger partial charge is 0.347 e. The standard InChI is InChI=1S/C32H44O5/c1-3-5-7-8-9-10-11-13-23-35-28-21-19-26(20-22-28)25-15-17-27(18-16-25)31(33)37-30-24-29(36-32(30)34)14-12-6-4-2/h15-22,29-30H,3-14,23-24H2,1-2H3/t29-,30-/m1/s1. The van der Waals surface area contributed by atoms with Crippen molar-refractivity contribution >= 4 is 11.9 Å². The van der Waals surface area contributed by atoms with Crippen molar-refractivity contribution in [3.05, 3.63) is 54.1 Å². The van der Waals surface area contributed by atoms with Gasteiger partial charge in [0.05, 0.1) is 12.2 Å². The van der Waals surface area contributed by atoms with E-state index in [1.54, 1.807) is 12.1 Å². The Hall–Kier alpha value is -2.82. The molecule has 0 aliphatic carbocycles. The first-order chi connectivity index (χ1) is 18.1. The van der Waals surface area contributed by atoms with E-state index >= 15 is 0 Å². The van der Waals surface area contributed by atoms with E-state index in [-0.39, 0.29) is 6.10 Å².